The van der Waals surface area contributed by atoms with E-state index in [1.165, 1.54) is 11.5 Å². The lowest BCUT2D eigenvalue weighted by atomic mass is 10.3. The van der Waals surface area contributed by atoms with E-state index in [0.717, 1.165) is 17.2 Å². The van der Waals surface area contributed by atoms with E-state index in [-0.39, 0.29) is 0 Å². The van der Waals surface area contributed by atoms with E-state index in [2.05, 4.69) is 25.1 Å². The van der Waals surface area contributed by atoms with Gasteiger partial charge in [-0.1, -0.05) is 9.59 Å². The van der Waals surface area contributed by atoms with Crippen molar-refractivity contribution in [2.24, 2.45) is 0 Å². The van der Waals surface area contributed by atoms with E-state index in [4.69, 9.17) is 0 Å². The topological polar surface area (TPSA) is 63.6 Å². The molecule has 6 heteroatoms. The summed E-state index contributed by atoms with van der Waals surface area (Å²) in [5.74, 6) is 0. The Morgan fingerprint density at radius 3 is 2.85 bits per heavy atom. The maximum Gasteiger partial charge on any atom is 0.225 e. The van der Waals surface area contributed by atoms with Gasteiger partial charge in [0.1, 0.15) is 0 Å². The van der Waals surface area contributed by atoms with Gasteiger partial charge in [-0.15, -0.1) is 0 Å². The summed E-state index contributed by atoms with van der Waals surface area (Å²) >= 11 is 1.24. The molecule has 2 heterocycles. The minimum absolute atomic E-state index is 0.722. The molecule has 1 N–H and O–H groups in total. The van der Waals surface area contributed by atoms with Crippen molar-refractivity contribution >= 4 is 16.7 Å². The van der Waals surface area contributed by atoms with Crippen LogP contribution in [-0.2, 0) is 6.54 Å². The van der Waals surface area contributed by atoms with Gasteiger partial charge in [0.2, 0.25) is 5.13 Å². The van der Waals surface area contributed by atoms with Crippen LogP contribution in [0, 0.1) is 0 Å². The Hall–Kier alpha value is -1.56. The first-order valence-electron chi connectivity index (χ1n) is 3.73. The Bertz CT molecular complexity index is 346. The summed E-state index contributed by atoms with van der Waals surface area (Å²) in [5, 5.41) is 11.1. The van der Waals surface area contributed by atoms with Gasteiger partial charge in [-0.2, -0.15) is 0 Å². The number of nitrogens with one attached hydrogen (secondary N) is 1. The Labute approximate surface area is 79.0 Å². The number of rotatable bonds is 3. The molecule has 0 aliphatic heterocycles. The lowest BCUT2D eigenvalue weighted by Crippen LogP contribution is -1.98. The van der Waals surface area contributed by atoms with Gasteiger partial charge in [0.25, 0.3) is 0 Å². The zero-order valence-electron chi connectivity index (χ0n) is 6.71. The number of hydrogen-bond acceptors (Lipinski definition) is 6. The molecule has 0 radical (unpaired) electrons. The van der Waals surface area contributed by atoms with E-state index in [0.29, 0.717) is 0 Å². The van der Waals surface area contributed by atoms with Crippen molar-refractivity contribution in [1.82, 2.24) is 19.8 Å². The van der Waals surface area contributed by atoms with Crippen LogP contribution in [0.4, 0.5) is 5.13 Å². The molecule has 0 unspecified atom stereocenters. The van der Waals surface area contributed by atoms with Crippen molar-refractivity contribution in [3.8, 4) is 0 Å². The van der Waals surface area contributed by atoms with Crippen LogP contribution in [0.2, 0.25) is 0 Å². The molecule has 13 heavy (non-hydrogen) atoms. The number of nitrogens with zero attached hydrogens (tertiary/aromatic N) is 4. The molecular formula is C7H7N5S. The molecule has 0 saturated heterocycles. The van der Waals surface area contributed by atoms with E-state index in [9.17, 15) is 0 Å². The van der Waals surface area contributed by atoms with Gasteiger partial charge in [-0.3, -0.25) is 4.98 Å². The first kappa shape index (κ1) is 8.06. The summed E-state index contributed by atoms with van der Waals surface area (Å²) < 4.78 is 3.64. The van der Waals surface area contributed by atoms with Crippen molar-refractivity contribution in [2.45, 2.75) is 6.54 Å². The second-order valence-corrected chi connectivity index (χ2v) is 3.11. The largest absolute Gasteiger partial charge is 0.355 e. The van der Waals surface area contributed by atoms with Crippen LogP contribution >= 0.6 is 11.5 Å². The van der Waals surface area contributed by atoms with E-state index < -0.39 is 0 Å². The predicted molar refractivity (Wildman–Crippen MR) is 49.3 cm³/mol. The smallest absolute Gasteiger partial charge is 0.225 e. The van der Waals surface area contributed by atoms with Gasteiger partial charge >= 0.3 is 0 Å². The molecule has 0 saturated carbocycles. The third-order valence-electron chi connectivity index (χ3n) is 1.49. The summed E-state index contributed by atoms with van der Waals surface area (Å²) in [6, 6.07) is 3.89. The highest BCUT2D eigenvalue weighted by molar-refractivity contribution is 7.09. The van der Waals surface area contributed by atoms with Crippen molar-refractivity contribution in [3.63, 3.8) is 0 Å². The summed E-state index contributed by atoms with van der Waals surface area (Å²) in [7, 11) is 0. The standard InChI is InChI=1S/C7H7N5S/c1-3-8-4-2-6(1)5-9-7-10-11-12-13-7/h1-4H,5H2,(H,9,10,12). The molecule has 0 aliphatic carbocycles. The molecule has 66 valence electrons. The second-order valence-electron chi connectivity index (χ2n) is 2.38. The first-order chi connectivity index (χ1) is 6.45. The van der Waals surface area contributed by atoms with Gasteiger partial charge in [0.15, 0.2) is 0 Å². The van der Waals surface area contributed by atoms with Crippen LogP contribution in [-0.4, -0.2) is 19.8 Å². The van der Waals surface area contributed by atoms with Gasteiger partial charge in [-0.25, -0.2) is 0 Å². The molecular weight excluding hydrogens is 186 g/mol. The molecule has 0 amide bonds. The minimum Gasteiger partial charge on any atom is -0.355 e. The van der Waals surface area contributed by atoms with E-state index in [1.807, 2.05) is 12.1 Å². The third kappa shape index (κ3) is 2.19. The molecule has 2 aromatic rings. The van der Waals surface area contributed by atoms with Crippen molar-refractivity contribution in [3.05, 3.63) is 30.1 Å². The van der Waals surface area contributed by atoms with Crippen LogP contribution in [0.5, 0.6) is 0 Å². The highest BCUT2D eigenvalue weighted by Crippen LogP contribution is 2.06. The van der Waals surface area contributed by atoms with E-state index in [1.54, 1.807) is 12.4 Å². The van der Waals surface area contributed by atoms with Gasteiger partial charge in [0.05, 0.1) is 0 Å². The summed E-state index contributed by atoms with van der Waals surface area (Å²) in [5.41, 5.74) is 1.16. The van der Waals surface area contributed by atoms with Crippen LogP contribution in [0.15, 0.2) is 24.5 Å². The van der Waals surface area contributed by atoms with Crippen LogP contribution in [0.1, 0.15) is 5.56 Å². The molecule has 0 spiro atoms. The SMILES string of the molecule is c1cc(CNc2nnns2)ccn1. The van der Waals surface area contributed by atoms with Crippen molar-refractivity contribution in [2.75, 3.05) is 5.32 Å². The molecule has 0 aromatic carbocycles. The Morgan fingerprint density at radius 2 is 2.15 bits per heavy atom. The summed E-state index contributed by atoms with van der Waals surface area (Å²) in [6.45, 7) is 0.722. The Kier molecular flexibility index (Phi) is 2.42. The average molecular weight is 193 g/mol. The van der Waals surface area contributed by atoms with E-state index >= 15 is 0 Å². The fourth-order valence-corrected chi connectivity index (χ4v) is 1.24. The maximum absolute atomic E-state index is 3.92. The van der Waals surface area contributed by atoms with Crippen molar-refractivity contribution < 1.29 is 0 Å². The lowest BCUT2D eigenvalue weighted by molar-refractivity contribution is 0.950. The first-order valence-corrected chi connectivity index (χ1v) is 4.50. The number of anilines is 1. The molecule has 2 aromatic heterocycles. The summed E-state index contributed by atoms with van der Waals surface area (Å²) in [6.07, 6.45) is 3.52. The molecule has 0 bridgehead atoms. The molecule has 5 nitrogen and oxygen atoms in total. The lowest BCUT2D eigenvalue weighted by Gasteiger charge is -1.99. The van der Waals surface area contributed by atoms with Gasteiger partial charge < -0.3 is 5.32 Å². The molecule has 2 rings (SSSR count). The fourth-order valence-electron chi connectivity index (χ4n) is 0.880. The monoisotopic (exact) mass is 193 g/mol. The molecule has 0 aliphatic rings. The predicted octanol–water partition coefficient (Wildman–Crippen LogP) is 0.940. The Balaban J connectivity index is 1.94. The Morgan fingerprint density at radius 1 is 1.31 bits per heavy atom. The maximum atomic E-state index is 3.92. The minimum atomic E-state index is 0.722. The van der Waals surface area contributed by atoms with Crippen LogP contribution < -0.4 is 5.32 Å². The summed E-state index contributed by atoms with van der Waals surface area (Å²) in [4.78, 5) is 3.92. The zero-order chi connectivity index (χ0) is 8.93. The molecule has 0 atom stereocenters. The molecule has 0 fully saturated rings. The zero-order valence-corrected chi connectivity index (χ0v) is 7.53. The number of pyridine rings is 1. The second kappa shape index (κ2) is 3.90. The van der Waals surface area contributed by atoms with Gasteiger partial charge in [0, 0.05) is 30.5 Å². The number of aromatic nitrogens is 4. The average Bonchev–Trinajstić information content (AvgIpc) is 2.69. The van der Waals surface area contributed by atoms with Crippen molar-refractivity contribution in [1.29, 1.82) is 0 Å². The van der Waals surface area contributed by atoms with Crippen LogP contribution in [0.3, 0.4) is 0 Å². The van der Waals surface area contributed by atoms with Gasteiger partial charge in [-0.05, 0) is 22.9 Å². The third-order valence-corrected chi connectivity index (χ3v) is 2.05. The fraction of sp³-hybridized carbons (Fsp3) is 0.143. The highest BCUT2D eigenvalue weighted by atomic mass is 32.1. The van der Waals surface area contributed by atoms with Crippen LogP contribution in [0.25, 0.3) is 0 Å². The normalized spacial score (nSPS) is 9.85. The quantitative estimate of drug-likeness (QED) is 0.786. The highest BCUT2D eigenvalue weighted by Gasteiger charge is 1.96. The number of hydrogen-bond donors (Lipinski definition) is 1.